The molecule has 112 valence electrons. The highest BCUT2D eigenvalue weighted by molar-refractivity contribution is 5.88. The predicted octanol–water partition coefficient (Wildman–Crippen LogP) is 3.41. The highest BCUT2D eigenvalue weighted by Crippen LogP contribution is 2.26. The molecule has 2 rings (SSSR count). The van der Waals surface area contributed by atoms with Crippen LogP contribution in [-0.2, 0) is 11.2 Å². The molecule has 0 aliphatic rings. The highest BCUT2D eigenvalue weighted by Gasteiger charge is 2.16. The van der Waals surface area contributed by atoms with Gasteiger partial charge in [0.05, 0.1) is 19.8 Å². The summed E-state index contributed by atoms with van der Waals surface area (Å²) < 4.78 is 10.7. The Morgan fingerprint density at radius 1 is 1.43 bits per heavy atom. The molecule has 0 radical (unpaired) electrons. The lowest BCUT2D eigenvalue weighted by Gasteiger charge is -2.20. The van der Waals surface area contributed by atoms with Gasteiger partial charge in [0.15, 0.2) is 0 Å². The molecule has 0 saturated carbocycles. The van der Waals surface area contributed by atoms with Gasteiger partial charge in [-0.15, -0.1) is 0 Å². The maximum Gasteiger partial charge on any atom is 0.227 e. The minimum absolute atomic E-state index is 0.0824. The van der Waals surface area contributed by atoms with Crippen molar-refractivity contribution in [1.82, 2.24) is 4.90 Å². The monoisotopic (exact) mass is 287 g/mol. The van der Waals surface area contributed by atoms with Crippen molar-refractivity contribution in [3.63, 3.8) is 0 Å². The first kappa shape index (κ1) is 15.2. The van der Waals surface area contributed by atoms with Crippen molar-refractivity contribution in [1.29, 1.82) is 0 Å². The normalized spacial score (nSPS) is 10.6. The Morgan fingerprint density at radius 2 is 2.19 bits per heavy atom. The zero-order chi connectivity index (χ0) is 15.4. The number of rotatable bonds is 6. The summed E-state index contributed by atoms with van der Waals surface area (Å²) in [5.41, 5.74) is 2.62. The zero-order valence-corrected chi connectivity index (χ0v) is 12.8. The van der Waals surface area contributed by atoms with E-state index in [0.717, 1.165) is 27.9 Å². The molecular weight excluding hydrogens is 266 g/mol. The van der Waals surface area contributed by atoms with Gasteiger partial charge in [0.25, 0.3) is 0 Å². The molecule has 1 aromatic heterocycles. The third-order valence-electron chi connectivity index (χ3n) is 3.40. The first-order chi connectivity index (χ1) is 10.0. The molecule has 1 aromatic carbocycles. The lowest BCUT2D eigenvalue weighted by molar-refractivity contribution is -0.129. The Labute approximate surface area is 125 Å². The molecule has 0 aliphatic heterocycles. The predicted molar refractivity (Wildman–Crippen MR) is 83.5 cm³/mol. The van der Waals surface area contributed by atoms with E-state index >= 15 is 0 Å². The number of methoxy groups -OCH3 is 1. The SMILES string of the molecule is C=C(C)CN(CC)C(=O)Cc1coc2cc(OC)ccc12. The van der Waals surface area contributed by atoms with Gasteiger partial charge in [-0.3, -0.25) is 4.79 Å². The van der Waals surface area contributed by atoms with Crippen molar-refractivity contribution in [3.05, 3.63) is 42.2 Å². The Bertz CT molecular complexity index is 657. The molecule has 0 spiro atoms. The van der Waals surface area contributed by atoms with E-state index < -0.39 is 0 Å². The molecule has 4 nitrogen and oxygen atoms in total. The van der Waals surface area contributed by atoms with Gasteiger partial charge in [-0.1, -0.05) is 12.2 Å². The van der Waals surface area contributed by atoms with Crippen LogP contribution in [0.2, 0.25) is 0 Å². The first-order valence-electron chi connectivity index (χ1n) is 7.01. The van der Waals surface area contributed by atoms with E-state index in [1.807, 2.05) is 32.0 Å². The zero-order valence-electron chi connectivity index (χ0n) is 12.8. The first-order valence-corrected chi connectivity index (χ1v) is 7.01. The smallest absolute Gasteiger partial charge is 0.227 e. The molecule has 1 heterocycles. The number of likely N-dealkylation sites (N-methyl/N-ethyl adjacent to an activating group) is 1. The van der Waals surface area contributed by atoms with Crippen LogP contribution in [0.3, 0.4) is 0 Å². The summed E-state index contributed by atoms with van der Waals surface area (Å²) in [4.78, 5) is 14.2. The lowest BCUT2D eigenvalue weighted by atomic mass is 10.1. The molecule has 0 unspecified atom stereocenters. The number of amides is 1. The van der Waals surface area contributed by atoms with Crippen molar-refractivity contribution >= 4 is 16.9 Å². The van der Waals surface area contributed by atoms with Crippen LogP contribution in [0.15, 0.2) is 41.0 Å². The van der Waals surface area contributed by atoms with Crippen LogP contribution >= 0.6 is 0 Å². The van der Waals surface area contributed by atoms with Crippen molar-refractivity contribution in [2.45, 2.75) is 20.3 Å². The van der Waals surface area contributed by atoms with Crippen molar-refractivity contribution in [2.75, 3.05) is 20.2 Å². The molecule has 21 heavy (non-hydrogen) atoms. The standard InChI is InChI=1S/C17H21NO3/c1-5-18(10-12(2)3)17(19)8-13-11-21-16-9-14(20-4)6-7-15(13)16/h6-7,9,11H,2,5,8,10H2,1,3-4H3. The molecule has 4 heteroatoms. The van der Waals surface area contributed by atoms with E-state index in [1.165, 1.54) is 0 Å². The number of nitrogens with zero attached hydrogens (tertiary/aromatic N) is 1. The molecule has 0 aliphatic carbocycles. The average molecular weight is 287 g/mol. The number of furan rings is 1. The van der Waals surface area contributed by atoms with E-state index in [-0.39, 0.29) is 5.91 Å². The molecule has 0 atom stereocenters. The second kappa shape index (κ2) is 6.48. The largest absolute Gasteiger partial charge is 0.497 e. The summed E-state index contributed by atoms with van der Waals surface area (Å²) in [5, 5.41) is 0.954. The van der Waals surface area contributed by atoms with Crippen LogP contribution in [-0.4, -0.2) is 31.0 Å². The Kier molecular flexibility index (Phi) is 4.68. The number of carbonyl (C=O) groups is 1. The second-order valence-electron chi connectivity index (χ2n) is 5.16. The van der Waals surface area contributed by atoms with Gasteiger partial charge < -0.3 is 14.1 Å². The number of fused-ring (bicyclic) bond motifs is 1. The average Bonchev–Trinajstić information content (AvgIpc) is 2.86. The summed E-state index contributed by atoms with van der Waals surface area (Å²) in [6.07, 6.45) is 1.98. The van der Waals surface area contributed by atoms with Crippen molar-refractivity contribution in [3.8, 4) is 5.75 Å². The van der Waals surface area contributed by atoms with Crippen molar-refractivity contribution < 1.29 is 13.9 Å². The van der Waals surface area contributed by atoms with Crippen LogP contribution < -0.4 is 4.74 Å². The number of hydrogen-bond acceptors (Lipinski definition) is 3. The van der Waals surface area contributed by atoms with Gasteiger partial charge in [-0.05, 0) is 26.0 Å². The van der Waals surface area contributed by atoms with Crippen LogP contribution in [0.25, 0.3) is 11.0 Å². The van der Waals surface area contributed by atoms with Gasteiger partial charge in [0, 0.05) is 30.1 Å². The van der Waals surface area contributed by atoms with E-state index in [0.29, 0.717) is 19.5 Å². The van der Waals surface area contributed by atoms with Gasteiger partial charge >= 0.3 is 0 Å². The van der Waals surface area contributed by atoms with E-state index in [9.17, 15) is 4.79 Å². The summed E-state index contributed by atoms with van der Waals surface area (Å²) in [6, 6.07) is 5.63. The fourth-order valence-corrected chi connectivity index (χ4v) is 2.30. The van der Waals surface area contributed by atoms with Gasteiger partial charge in [-0.2, -0.15) is 0 Å². The van der Waals surface area contributed by atoms with Crippen LogP contribution in [0.4, 0.5) is 0 Å². The summed E-state index contributed by atoms with van der Waals surface area (Å²) >= 11 is 0. The van der Waals surface area contributed by atoms with E-state index in [2.05, 4.69) is 6.58 Å². The van der Waals surface area contributed by atoms with E-state index in [1.54, 1.807) is 18.3 Å². The topological polar surface area (TPSA) is 42.7 Å². The molecule has 0 N–H and O–H groups in total. The van der Waals surface area contributed by atoms with Crippen LogP contribution in [0.1, 0.15) is 19.4 Å². The van der Waals surface area contributed by atoms with Crippen LogP contribution in [0, 0.1) is 0 Å². The van der Waals surface area contributed by atoms with Gasteiger partial charge in [0.1, 0.15) is 11.3 Å². The Morgan fingerprint density at radius 3 is 2.81 bits per heavy atom. The number of benzene rings is 1. The number of ether oxygens (including phenoxy) is 1. The van der Waals surface area contributed by atoms with E-state index in [4.69, 9.17) is 9.15 Å². The third kappa shape index (κ3) is 3.45. The summed E-state index contributed by atoms with van der Waals surface area (Å²) in [6.45, 7) is 9.03. The molecule has 0 saturated heterocycles. The number of carbonyl (C=O) groups excluding carboxylic acids is 1. The fourth-order valence-electron chi connectivity index (χ4n) is 2.30. The van der Waals surface area contributed by atoms with Crippen molar-refractivity contribution in [2.24, 2.45) is 0 Å². The molecule has 2 aromatic rings. The Balaban J connectivity index is 2.19. The molecule has 1 amide bonds. The summed E-state index contributed by atoms with van der Waals surface area (Å²) in [7, 11) is 1.62. The third-order valence-corrected chi connectivity index (χ3v) is 3.40. The summed E-state index contributed by atoms with van der Waals surface area (Å²) in [5.74, 6) is 0.825. The lowest BCUT2D eigenvalue weighted by Crippen LogP contribution is -2.33. The number of hydrogen-bond donors (Lipinski definition) is 0. The maximum atomic E-state index is 12.4. The van der Waals surface area contributed by atoms with Crippen LogP contribution in [0.5, 0.6) is 5.75 Å². The van der Waals surface area contributed by atoms with Gasteiger partial charge in [-0.25, -0.2) is 0 Å². The molecular formula is C17H21NO3. The highest BCUT2D eigenvalue weighted by atomic mass is 16.5. The fraction of sp³-hybridized carbons (Fsp3) is 0.353. The molecule has 0 fully saturated rings. The minimum Gasteiger partial charge on any atom is -0.497 e. The quantitative estimate of drug-likeness (QED) is 0.765. The molecule has 0 bridgehead atoms. The second-order valence-corrected chi connectivity index (χ2v) is 5.16. The Hall–Kier alpha value is -2.23. The minimum atomic E-state index is 0.0824. The van der Waals surface area contributed by atoms with Gasteiger partial charge in [0.2, 0.25) is 5.91 Å². The maximum absolute atomic E-state index is 12.4.